The Kier molecular flexibility index (Phi) is 3.24. The topological polar surface area (TPSA) is 12.0 Å². The molecule has 1 N–H and O–H groups in total. The van der Waals surface area contributed by atoms with Gasteiger partial charge in [-0.05, 0) is 61.1 Å². The molecule has 1 aliphatic carbocycles. The van der Waals surface area contributed by atoms with Crippen LogP contribution in [0.15, 0.2) is 48.5 Å². The van der Waals surface area contributed by atoms with Crippen LogP contribution in [0.4, 0.5) is 10.1 Å². The largest absolute Gasteiger partial charge is 0.382 e. The first-order valence-corrected chi connectivity index (χ1v) is 6.80. The van der Waals surface area contributed by atoms with Crippen molar-refractivity contribution in [3.05, 3.63) is 65.5 Å². The molecule has 0 amide bonds. The Balaban J connectivity index is 1.58. The van der Waals surface area contributed by atoms with Crippen LogP contribution in [0.3, 0.4) is 0 Å². The molecule has 0 heterocycles. The predicted molar refractivity (Wildman–Crippen MR) is 77.0 cm³/mol. The molecule has 0 radical (unpaired) electrons. The Bertz CT molecular complexity index is 556. The number of hydrogen-bond acceptors (Lipinski definition) is 1. The van der Waals surface area contributed by atoms with Gasteiger partial charge in [-0.1, -0.05) is 24.3 Å². The molecule has 1 saturated carbocycles. The van der Waals surface area contributed by atoms with Gasteiger partial charge in [-0.2, -0.15) is 0 Å². The lowest BCUT2D eigenvalue weighted by atomic mass is 9.74. The van der Waals surface area contributed by atoms with Crippen molar-refractivity contribution in [1.82, 2.24) is 0 Å². The number of aryl methyl sites for hydroxylation is 1. The molecule has 2 heteroatoms. The van der Waals surface area contributed by atoms with E-state index in [1.54, 1.807) is 12.1 Å². The summed E-state index contributed by atoms with van der Waals surface area (Å²) < 4.78 is 12.8. The summed E-state index contributed by atoms with van der Waals surface area (Å²) in [6.07, 6.45) is 2.31. The van der Waals surface area contributed by atoms with Gasteiger partial charge >= 0.3 is 0 Å². The Morgan fingerprint density at radius 1 is 1.00 bits per heavy atom. The normalized spacial score (nSPS) is 21.8. The molecule has 0 aliphatic heterocycles. The number of nitrogens with one attached hydrogen (secondary N) is 1. The molecule has 0 atom stereocenters. The molecule has 0 bridgehead atoms. The quantitative estimate of drug-likeness (QED) is 0.852. The Morgan fingerprint density at radius 2 is 1.68 bits per heavy atom. The first-order valence-electron chi connectivity index (χ1n) is 6.80. The predicted octanol–water partition coefficient (Wildman–Crippen LogP) is 4.49. The molecule has 1 nitrogen and oxygen atoms in total. The highest BCUT2D eigenvalue weighted by molar-refractivity contribution is 5.45. The zero-order valence-electron chi connectivity index (χ0n) is 11.1. The van der Waals surface area contributed by atoms with Gasteiger partial charge in [-0.15, -0.1) is 0 Å². The monoisotopic (exact) mass is 255 g/mol. The van der Waals surface area contributed by atoms with Crippen LogP contribution in [-0.2, 0) is 0 Å². The SMILES string of the molecule is Cc1ccccc1C1CC(Nc2ccc(F)cc2)C1. The number of benzene rings is 2. The van der Waals surface area contributed by atoms with Crippen LogP contribution < -0.4 is 5.32 Å². The summed E-state index contributed by atoms with van der Waals surface area (Å²) in [5.74, 6) is 0.482. The van der Waals surface area contributed by atoms with E-state index < -0.39 is 0 Å². The zero-order valence-corrected chi connectivity index (χ0v) is 11.1. The molecular formula is C17H18FN. The average molecular weight is 255 g/mol. The fourth-order valence-electron chi connectivity index (χ4n) is 2.82. The number of anilines is 1. The molecule has 1 fully saturated rings. The fraction of sp³-hybridized carbons (Fsp3) is 0.294. The molecule has 2 aromatic rings. The smallest absolute Gasteiger partial charge is 0.123 e. The van der Waals surface area contributed by atoms with Crippen molar-refractivity contribution >= 4 is 5.69 Å². The van der Waals surface area contributed by atoms with Crippen molar-refractivity contribution in [2.45, 2.75) is 31.7 Å². The molecule has 98 valence electrons. The Labute approximate surface area is 113 Å². The summed E-state index contributed by atoms with van der Waals surface area (Å²) in [5.41, 5.74) is 3.86. The van der Waals surface area contributed by atoms with Gasteiger partial charge < -0.3 is 5.32 Å². The highest BCUT2D eigenvalue weighted by Crippen LogP contribution is 2.39. The van der Waals surface area contributed by atoms with Crippen LogP contribution in [-0.4, -0.2) is 6.04 Å². The molecule has 1 aliphatic rings. The van der Waals surface area contributed by atoms with Gasteiger partial charge in [-0.25, -0.2) is 4.39 Å². The van der Waals surface area contributed by atoms with Gasteiger partial charge in [0.1, 0.15) is 5.82 Å². The summed E-state index contributed by atoms with van der Waals surface area (Å²) in [4.78, 5) is 0. The Morgan fingerprint density at radius 3 is 2.37 bits per heavy atom. The second-order valence-corrected chi connectivity index (χ2v) is 5.37. The molecule has 0 spiro atoms. The van der Waals surface area contributed by atoms with E-state index in [0.717, 1.165) is 18.5 Å². The maximum atomic E-state index is 12.8. The molecular weight excluding hydrogens is 237 g/mol. The van der Waals surface area contributed by atoms with Crippen LogP contribution >= 0.6 is 0 Å². The highest BCUT2D eigenvalue weighted by Gasteiger charge is 2.30. The van der Waals surface area contributed by atoms with Crippen LogP contribution in [0.5, 0.6) is 0 Å². The molecule has 3 rings (SSSR count). The Hall–Kier alpha value is -1.83. The minimum Gasteiger partial charge on any atom is -0.382 e. The first-order chi connectivity index (χ1) is 9.22. The summed E-state index contributed by atoms with van der Waals surface area (Å²) in [6.45, 7) is 2.18. The number of halogens is 1. The molecule has 0 aromatic heterocycles. The fourth-order valence-corrected chi connectivity index (χ4v) is 2.82. The molecule has 0 unspecified atom stereocenters. The first kappa shape index (κ1) is 12.2. The van der Waals surface area contributed by atoms with Gasteiger partial charge in [0.15, 0.2) is 0 Å². The van der Waals surface area contributed by atoms with Crippen LogP contribution in [0.25, 0.3) is 0 Å². The molecule has 19 heavy (non-hydrogen) atoms. The lowest BCUT2D eigenvalue weighted by Crippen LogP contribution is -2.34. The highest BCUT2D eigenvalue weighted by atomic mass is 19.1. The van der Waals surface area contributed by atoms with Crippen LogP contribution in [0.1, 0.15) is 29.9 Å². The maximum absolute atomic E-state index is 12.8. The average Bonchev–Trinajstić information content (AvgIpc) is 2.37. The lowest BCUT2D eigenvalue weighted by molar-refractivity contribution is 0.373. The van der Waals surface area contributed by atoms with Crippen LogP contribution in [0.2, 0.25) is 0 Å². The van der Waals surface area contributed by atoms with Crippen LogP contribution in [0, 0.1) is 12.7 Å². The standard InChI is InChI=1S/C17H18FN/c1-12-4-2-3-5-17(12)13-10-16(11-13)19-15-8-6-14(18)7-9-15/h2-9,13,16,19H,10-11H2,1H3. The van der Waals surface area contributed by atoms with E-state index >= 15 is 0 Å². The van der Waals surface area contributed by atoms with E-state index in [1.165, 1.54) is 23.3 Å². The van der Waals surface area contributed by atoms with Crippen molar-refractivity contribution < 1.29 is 4.39 Å². The summed E-state index contributed by atoms with van der Waals surface area (Å²) >= 11 is 0. The second-order valence-electron chi connectivity index (χ2n) is 5.37. The zero-order chi connectivity index (χ0) is 13.2. The molecule has 0 saturated heterocycles. The lowest BCUT2D eigenvalue weighted by Gasteiger charge is -2.37. The summed E-state index contributed by atoms with van der Waals surface area (Å²) in [5, 5.41) is 3.46. The minimum atomic E-state index is -0.183. The van der Waals surface area contributed by atoms with Crippen molar-refractivity contribution in [1.29, 1.82) is 0 Å². The van der Waals surface area contributed by atoms with E-state index in [-0.39, 0.29) is 5.82 Å². The number of rotatable bonds is 3. The van der Waals surface area contributed by atoms with E-state index in [0.29, 0.717) is 12.0 Å². The van der Waals surface area contributed by atoms with Gasteiger partial charge in [0, 0.05) is 11.7 Å². The summed E-state index contributed by atoms with van der Waals surface area (Å²) in [7, 11) is 0. The van der Waals surface area contributed by atoms with E-state index in [9.17, 15) is 4.39 Å². The maximum Gasteiger partial charge on any atom is 0.123 e. The van der Waals surface area contributed by atoms with E-state index in [2.05, 4.69) is 36.5 Å². The van der Waals surface area contributed by atoms with Crippen molar-refractivity contribution in [3.8, 4) is 0 Å². The van der Waals surface area contributed by atoms with E-state index in [1.807, 2.05) is 0 Å². The van der Waals surface area contributed by atoms with E-state index in [4.69, 9.17) is 0 Å². The van der Waals surface area contributed by atoms with Gasteiger partial charge in [0.25, 0.3) is 0 Å². The van der Waals surface area contributed by atoms with Crippen molar-refractivity contribution in [2.75, 3.05) is 5.32 Å². The van der Waals surface area contributed by atoms with Gasteiger partial charge in [-0.3, -0.25) is 0 Å². The van der Waals surface area contributed by atoms with Gasteiger partial charge in [0.2, 0.25) is 0 Å². The van der Waals surface area contributed by atoms with Crippen molar-refractivity contribution in [2.24, 2.45) is 0 Å². The third-order valence-corrected chi connectivity index (χ3v) is 3.98. The summed E-state index contributed by atoms with van der Waals surface area (Å²) in [6, 6.07) is 15.7. The minimum absolute atomic E-state index is 0.183. The van der Waals surface area contributed by atoms with Crippen molar-refractivity contribution in [3.63, 3.8) is 0 Å². The number of hydrogen-bond donors (Lipinski definition) is 1. The third kappa shape index (κ3) is 2.62. The second kappa shape index (κ2) is 5.04. The van der Waals surface area contributed by atoms with Gasteiger partial charge in [0.05, 0.1) is 0 Å². The third-order valence-electron chi connectivity index (χ3n) is 3.98. The molecule has 2 aromatic carbocycles.